The van der Waals surface area contributed by atoms with Crippen LogP contribution in [0, 0.1) is 5.82 Å². The summed E-state index contributed by atoms with van der Waals surface area (Å²) in [7, 11) is 0. The van der Waals surface area contributed by atoms with Gasteiger partial charge < -0.3 is 24.0 Å². The second kappa shape index (κ2) is 9.72. The standard InChI is InChI=1S/C24H28F4N4O4/c1-22(2,3)36-21(33)32-12-13-34-23(15-32)8-10-31(11-9-23)20-29-18(24(26,27)28)14-19(30-20)35-17-6-4-16(25)5-7-17/h4-7,14H,8-13,15H2,1-3H3. The van der Waals surface area contributed by atoms with E-state index in [1.165, 1.54) is 12.1 Å². The second-order valence-corrected chi connectivity index (χ2v) is 9.87. The van der Waals surface area contributed by atoms with Gasteiger partial charge in [-0.15, -0.1) is 0 Å². The smallest absolute Gasteiger partial charge is 0.433 e. The van der Waals surface area contributed by atoms with E-state index in [9.17, 15) is 22.4 Å². The molecular formula is C24H28F4N4O4. The van der Waals surface area contributed by atoms with Crippen LogP contribution < -0.4 is 9.64 Å². The number of benzene rings is 1. The summed E-state index contributed by atoms with van der Waals surface area (Å²) in [5.74, 6) is -0.787. The first-order valence-electron chi connectivity index (χ1n) is 11.6. The van der Waals surface area contributed by atoms with Gasteiger partial charge in [0.1, 0.15) is 17.2 Å². The maximum absolute atomic E-state index is 13.5. The molecule has 196 valence electrons. The largest absolute Gasteiger partial charge is 0.444 e. The molecule has 4 rings (SSSR count). The molecule has 0 aliphatic carbocycles. The molecule has 2 aliphatic heterocycles. The Labute approximate surface area is 206 Å². The van der Waals surface area contributed by atoms with E-state index in [1.807, 2.05) is 0 Å². The van der Waals surface area contributed by atoms with Gasteiger partial charge in [0.15, 0.2) is 5.69 Å². The number of aromatic nitrogens is 2. The molecule has 0 unspecified atom stereocenters. The number of nitrogens with zero attached hydrogens (tertiary/aromatic N) is 4. The van der Waals surface area contributed by atoms with Crippen LogP contribution in [0.5, 0.6) is 11.6 Å². The number of carbonyl (C=O) groups is 1. The molecule has 1 spiro atoms. The molecule has 2 aromatic rings. The maximum atomic E-state index is 13.5. The molecule has 36 heavy (non-hydrogen) atoms. The summed E-state index contributed by atoms with van der Waals surface area (Å²) >= 11 is 0. The quantitative estimate of drug-likeness (QED) is 0.534. The van der Waals surface area contributed by atoms with Crippen molar-refractivity contribution >= 4 is 12.0 Å². The van der Waals surface area contributed by atoms with E-state index in [1.54, 1.807) is 30.6 Å². The molecule has 0 bridgehead atoms. The molecule has 0 N–H and O–H groups in total. The summed E-state index contributed by atoms with van der Waals surface area (Å²) in [4.78, 5) is 23.7. The van der Waals surface area contributed by atoms with Gasteiger partial charge >= 0.3 is 12.3 Å². The highest BCUT2D eigenvalue weighted by Gasteiger charge is 2.43. The Hall–Kier alpha value is -3.15. The van der Waals surface area contributed by atoms with Crippen molar-refractivity contribution in [2.24, 2.45) is 0 Å². The van der Waals surface area contributed by atoms with Gasteiger partial charge in [-0.1, -0.05) is 0 Å². The lowest BCUT2D eigenvalue weighted by Crippen LogP contribution is -2.58. The number of halogens is 4. The number of alkyl halides is 3. The SMILES string of the molecule is CC(C)(C)OC(=O)N1CCOC2(CCN(c3nc(Oc4ccc(F)cc4)cc(C(F)(F)F)n3)CC2)C1. The number of amides is 1. The Morgan fingerprint density at radius 2 is 1.72 bits per heavy atom. The van der Waals surface area contributed by atoms with Crippen molar-refractivity contribution in [1.82, 2.24) is 14.9 Å². The number of anilines is 1. The van der Waals surface area contributed by atoms with Crippen LogP contribution in [0.1, 0.15) is 39.3 Å². The average Bonchev–Trinajstić information content (AvgIpc) is 2.79. The number of carbonyl (C=O) groups excluding carboxylic acids is 1. The van der Waals surface area contributed by atoms with Crippen LogP contribution >= 0.6 is 0 Å². The fourth-order valence-electron chi connectivity index (χ4n) is 4.12. The molecule has 2 aliphatic rings. The Morgan fingerprint density at radius 3 is 2.33 bits per heavy atom. The van der Waals surface area contributed by atoms with Crippen LogP contribution in [0.2, 0.25) is 0 Å². The third-order valence-electron chi connectivity index (χ3n) is 5.88. The van der Waals surface area contributed by atoms with Crippen LogP contribution in [-0.2, 0) is 15.7 Å². The molecule has 1 amide bonds. The van der Waals surface area contributed by atoms with Gasteiger partial charge in [0.2, 0.25) is 11.8 Å². The summed E-state index contributed by atoms with van der Waals surface area (Å²) in [6.07, 6.45) is -4.22. The summed E-state index contributed by atoms with van der Waals surface area (Å²) in [5, 5.41) is 0. The molecule has 0 atom stereocenters. The Bertz CT molecular complexity index is 1080. The summed E-state index contributed by atoms with van der Waals surface area (Å²) in [5.41, 5.74) is -2.39. The molecule has 3 heterocycles. The first-order valence-corrected chi connectivity index (χ1v) is 11.6. The normalized spacial score (nSPS) is 18.3. The maximum Gasteiger partial charge on any atom is 0.433 e. The zero-order valence-electron chi connectivity index (χ0n) is 20.3. The molecule has 8 nitrogen and oxygen atoms in total. The molecule has 12 heteroatoms. The lowest BCUT2D eigenvalue weighted by atomic mass is 9.89. The van der Waals surface area contributed by atoms with Crippen LogP contribution in [0.4, 0.5) is 28.3 Å². The fourth-order valence-corrected chi connectivity index (χ4v) is 4.12. The molecule has 1 aromatic heterocycles. The van der Waals surface area contributed by atoms with E-state index < -0.39 is 35.0 Å². The topological polar surface area (TPSA) is 77.0 Å². The Kier molecular flexibility index (Phi) is 7.00. The van der Waals surface area contributed by atoms with Crippen molar-refractivity contribution in [3.63, 3.8) is 0 Å². The van der Waals surface area contributed by atoms with E-state index in [0.717, 1.165) is 12.1 Å². The van der Waals surface area contributed by atoms with Crippen molar-refractivity contribution in [2.75, 3.05) is 37.7 Å². The molecule has 2 saturated heterocycles. The van der Waals surface area contributed by atoms with E-state index in [2.05, 4.69) is 9.97 Å². The number of rotatable bonds is 3. The van der Waals surface area contributed by atoms with Crippen molar-refractivity contribution in [3.8, 4) is 11.6 Å². The van der Waals surface area contributed by atoms with E-state index in [4.69, 9.17) is 14.2 Å². The summed E-state index contributed by atoms with van der Waals surface area (Å²) in [6.45, 7) is 7.10. The molecule has 0 saturated carbocycles. The minimum atomic E-state index is -4.71. The first-order chi connectivity index (χ1) is 16.8. The van der Waals surface area contributed by atoms with Crippen LogP contribution in [0.25, 0.3) is 0 Å². The van der Waals surface area contributed by atoms with E-state index in [-0.39, 0.29) is 17.6 Å². The van der Waals surface area contributed by atoms with Gasteiger partial charge in [-0.3, -0.25) is 0 Å². The van der Waals surface area contributed by atoms with Gasteiger partial charge in [0, 0.05) is 25.7 Å². The van der Waals surface area contributed by atoms with E-state index >= 15 is 0 Å². The molecule has 0 radical (unpaired) electrons. The fraction of sp³-hybridized carbons (Fsp3) is 0.542. The van der Waals surface area contributed by atoms with Crippen LogP contribution in [0.15, 0.2) is 30.3 Å². The van der Waals surface area contributed by atoms with Gasteiger partial charge in [-0.05, 0) is 57.9 Å². The van der Waals surface area contributed by atoms with Crippen molar-refractivity contribution in [1.29, 1.82) is 0 Å². The molecular weight excluding hydrogens is 484 g/mol. The first kappa shape index (κ1) is 25.9. The monoisotopic (exact) mass is 512 g/mol. The number of hydrogen-bond donors (Lipinski definition) is 0. The molecule has 2 fully saturated rings. The van der Waals surface area contributed by atoms with Gasteiger partial charge in [-0.2, -0.15) is 18.2 Å². The number of piperidine rings is 1. The Morgan fingerprint density at radius 1 is 1.06 bits per heavy atom. The van der Waals surface area contributed by atoms with Crippen LogP contribution in [-0.4, -0.2) is 64.9 Å². The Balaban J connectivity index is 1.48. The van der Waals surface area contributed by atoms with Gasteiger partial charge in [0.05, 0.1) is 18.8 Å². The van der Waals surface area contributed by atoms with Crippen LogP contribution in [0.3, 0.4) is 0 Å². The van der Waals surface area contributed by atoms with Gasteiger partial charge in [0.25, 0.3) is 0 Å². The number of ether oxygens (including phenoxy) is 3. The molecule has 1 aromatic carbocycles. The van der Waals surface area contributed by atoms with Crippen molar-refractivity contribution < 1.29 is 36.6 Å². The van der Waals surface area contributed by atoms with Gasteiger partial charge in [-0.25, -0.2) is 14.2 Å². The van der Waals surface area contributed by atoms with Crippen molar-refractivity contribution in [3.05, 3.63) is 41.8 Å². The third-order valence-corrected chi connectivity index (χ3v) is 5.88. The summed E-state index contributed by atoms with van der Waals surface area (Å²) in [6, 6.07) is 5.58. The lowest BCUT2D eigenvalue weighted by Gasteiger charge is -2.47. The average molecular weight is 513 g/mol. The lowest BCUT2D eigenvalue weighted by molar-refractivity contribution is -0.141. The number of morpholine rings is 1. The minimum absolute atomic E-state index is 0.128. The third kappa shape index (κ3) is 6.34. The minimum Gasteiger partial charge on any atom is -0.444 e. The summed E-state index contributed by atoms with van der Waals surface area (Å²) < 4.78 is 70.8. The highest BCUT2D eigenvalue weighted by atomic mass is 19.4. The van der Waals surface area contributed by atoms with Crippen molar-refractivity contribution in [2.45, 2.75) is 51.0 Å². The predicted molar refractivity (Wildman–Crippen MR) is 121 cm³/mol. The highest BCUT2D eigenvalue weighted by Crippen LogP contribution is 2.35. The second-order valence-electron chi connectivity index (χ2n) is 9.87. The zero-order valence-corrected chi connectivity index (χ0v) is 20.3. The number of hydrogen-bond acceptors (Lipinski definition) is 7. The van der Waals surface area contributed by atoms with E-state index in [0.29, 0.717) is 51.7 Å². The highest BCUT2D eigenvalue weighted by molar-refractivity contribution is 5.68. The zero-order chi connectivity index (χ0) is 26.1. The predicted octanol–water partition coefficient (Wildman–Crippen LogP) is 5.03.